The van der Waals surface area contributed by atoms with Crippen molar-refractivity contribution < 1.29 is 14.3 Å². The fraction of sp³-hybridized carbons (Fsp3) is 0.400. The van der Waals surface area contributed by atoms with Crippen molar-refractivity contribution in [1.82, 2.24) is 0 Å². The van der Waals surface area contributed by atoms with Crippen LogP contribution in [-0.4, -0.2) is 24.3 Å². The summed E-state index contributed by atoms with van der Waals surface area (Å²) in [5.74, 6) is -0.670. The van der Waals surface area contributed by atoms with Crippen LogP contribution < -0.4 is 0 Å². The smallest absolute Gasteiger partial charge is 0.164 e. The highest BCUT2D eigenvalue weighted by atomic mass is 16.8. The fourth-order valence-electron chi connectivity index (χ4n) is 2.06. The molecule has 2 rings (SSSR count). The van der Waals surface area contributed by atoms with Crippen LogP contribution in [0.4, 0.5) is 0 Å². The largest absolute Gasteiger partial charge is 0.344 e. The van der Waals surface area contributed by atoms with E-state index in [1.807, 2.05) is 56.3 Å². The molecular formula is C15H18O3. The Morgan fingerprint density at radius 1 is 1.22 bits per heavy atom. The molecular weight excluding hydrogens is 228 g/mol. The Morgan fingerprint density at radius 3 is 2.61 bits per heavy atom. The number of hydrogen-bond acceptors (Lipinski definition) is 3. The minimum absolute atomic E-state index is 0.197. The number of carbonyl (C=O) groups excluding carboxylic acids is 1. The van der Waals surface area contributed by atoms with Crippen LogP contribution in [0.5, 0.6) is 0 Å². The van der Waals surface area contributed by atoms with Crippen molar-refractivity contribution in [3.63, 3.8) is 0 Å². The summed E-state index contributed by atoms with van der Waals surface area (Å²) in [4.78, 5) is 10.9. The second-order valence-electron chi connectivity index (χ2n) is 4.82. The lowest BCUT2D eigenvalue weighted by Gasteiger charge is -2.16. The summed E-state index contributed by atoms with van der Waals surface area (Å²) in [5.41, 5.74) is 1.14. The van der Waals surface area contributed by atoms with Gasteiger partial charge >= 0.3 is 0 Å². The van der Waals surface area contributed by atoms with Crippen molar-refractivity contribution in [2.75, 3.05) is 0 Å². The molecule has 0 radical (unpaired) electrons. The first-order valence-electron chi connectivity index (χ1n) is 6.13. The fourth-order valence-corrected chi connectivity index (χ4v) is 2.06. The standard InChI is InChI=1S/C15H18O3/c1-15(2)17-13(14(11-16)18-15)10-6-9-12-7-4-3-5-8-12/h3-9,11,13-14H,10H2,1-2H3/b9-6+/t13-,14+/m0/s1. The maximum Gasteiger partial charge on any atom is 0.164 e. The van der Waals surface area contributed by atoms with Crippen molar-refractivity contribution in [3.05, 3.63) is 42.0 Å². The minimum Gasteiger partial charge on any atom is -0.344 e. The highest BCUT2D eigenvalue weighted by molar-refractivity contribution is 5.58. The van der Waals surface area contributed by atoms with E-state index in [0.717, 1.165) is 11.8 Å². The highest BCUT2D eigenvalue weighted by Gasteiger charge is 2.40. The van der Waals surface area contributed by atoms with Gasteiger partial charge in [-0.1, -0.05) is 42.5 Å². The summed E-state index contributed by atoms with van der Waals surface area (Å²) >= 11 is 0. The maximum atomic E-state index is 10.9. The molecule has 1 aromatic rings. The summed E-state index contributed by atoms with van der Waals surface area (Å²) in [7, 11) is 0. The van der Waals surface area contributed by atoms with Gasteiger partial charge in [0, 0.05) is 0 Å². The van der Waals surface area contributed by atoms with Gasteiger partial charge in [-0.05, 0) is 25.8 Å². The first kappa shape index (κ1) is 13.0. The van der Waals surface area contributed by atoms with E-state index >= 15 is 0 Å². The molecule has 1 aromatic carbocycles. The van der Waals surface area contributed by atoms with Crippen LogP contribution in [0.2, 0.25) is 0 Å². The Labute approximate surface area is 107 Å². The Bertz CT molecular complexity index is 423. The average Bonchev–Trinajstić information content (AvgIpc) is 2.65. The van der Waals surface area contributed by atoms with Crippen LogP contribution in [0.3, 0.4) is 0 Å². The lowest BCUT2D eigenvalue weighted by Crippen LogP contribution is -2.23. The quantitative estimate of drug-likeness (QED) is 0.766. The normalized spacial score (nSPS) is 26.6. The van der Waals surface area contributed by atoms with Gasteiger partial charge in [0.15, 0.2) is 12.1 Å². The Morgan fingerprint density at radius 2 is 1.94 bits per heavy atom. The second kappa shape index (κ2) is 5.46. The van der Waals surface area contributed by atoms with Crippen LogP contribution in [-0.2, 0) is 14.3 Å². The van der Waals surface area contributed by atoms with Gasteiger partial charge < -0.3 is 14.3 Å². The number of benzene rings is 1. The van der Waals surface area contributed by atoms with Gasteiger partial charge in [0.2, 0.25) is 0 Å². The average molecular weight is 246 g/mol. The Hall–Kier alpha value is -1.45. The van der Waals surface area contributed by atoms with E-state index in [9.17, 15) is 4.79 Å². The molecule has 0 aromatic heterocycles. The van der Waals surface area contributed by atoms with Crippen molar-refractivity contribution in [3.8, 4) is 0 Å². The van der Waals surface area contributed by atoms with E-state index in [4.69, 9.17) is 9.47 Å². The molecule has 0 unspecified atom stereocenters. The number of rotatable bonds is 4. The molecule has 0 amide bonds. The van der Waals surface area contributed by atoms with Gasteiger partial charge in [0.1, 0.15) is 6.10 Å². The monoisotopic (exact) mass is 246 g/mol. The zero-order valence-electron chi connectivity index (χ0n) is 10.7. The number of hydrogen-bond donors (Lipinski definition) is 0. The van der Waals surface area contributed by atoms with E-state index in [1.54, 1.807) is 0 Å². The molecule has 0 aliphatic carbocycles. The Kier molecular flexibility index (Phi) is 3.94. The molecule has 1 aliphatic heterocycles. The van der Waals surface area contributed by atoms with Gasteiger partial charge in [0.05, 0.1) is 6.10 Å². The van der Waals surface area contributed by atoms with Crippen LogP contribution in [0, 0.1) is 0 Å². The molecule has 1 saturated heterocycles. The summed E-state index contributed by atoms with van der Waals surface area (Å²) in [6.45, 7) is 3.65. The van der Waals surface area contributed by atoms with Gasteiger partial charge in [-0.2, -0.15) is 0 Å². The third-order valence-corrected chi connectivity index (χ3v) is 2.83. The zero-order chi connectivity index (χ0) is 13.0. The molecule has 1 fully saturated rings. The van der Waals surface area contributed by atoms with Crippen LogP contribution in [0.1, 0.15) is 25.8 Å². The predicted octanol–water partition coefficient (Wildman–Crippen LogP) is 2.81. The lowest BCUT2D eigenvalue weighted by atomic mass is 10.1. The third-order valence-electron chi connectivity index (χ3n) is 2.83. The van der Waals surface area contributed by atoms with E-state index in [2.05, 4.69) is 0 Å². The first-order valence-corrected chi connectivity index (χ1v) is 6.13. The van der Waals surface area contributed by atoms with Crippen LogP contribution in [0.15, 0.2) is 36.4 Å². The zero-order valence-corrected chi connectivity index (χ0v) is 10.7. The van der Waals surface area contributed by atoms with Gasteiger partial charge in [-0.3, -0.25) is 0 Å². The molecule has 0 saturated carbocycles. The molecule has 0 spiro atoms. The maximum absolute atomic E-state index is 10.9. The summed E-state index contributed by atoms with van der Waals surface area (Å²) < 4.78 is 11.2. The SMILES string of the molecule is CC1(C)O[C@@H](C/C=C/c2ccccc2)[C@@H](C=O)O1. The lowest BCUT2D eigenvalue weighted by molar-refractivity contribution is -0.149. The summed E-state index contributed by atoms with van der Waals surface area (Å²) in [5, 5.41) is 0. The summed E-state index contributed by atoms with van der Waals surface area (Å²) in [6, 6.07) is 10.0. The number of ether oxygens (including phenoxy) is 2. The third kappa shape index (κ3) is 3.28. The first-order chi connectivity index (χ1) is 8.61. The van der Waals surface area contributed by atoms with Crippen molar-refractivity contribution in [2.24, 2.45) is 0 Å². The summed E-state index contributed by atoms with van der Waals surface area (Å²) in [6.07, 6.45) is 4.85. The second-order valence-corrected chi connectivity index (χ2v) is 4.82. The number of carbonyl (C=O) groups is 1. The molecule has 0 bridgehead atoms. The predicted molar refractivity (Wildman–Crippen MR) is 70.0 cm³/mol. The van der Waals surface area contributed by atoms with Crippen LogP contribution in [0.25, 0.3) is 6.08 Å². The molecule has 3 heteroatoms. The molecule has 18 heavy (non-hydrogen) atoms. The molecule has 0 N–H and O–H groups in total. The van der Waals surface area contributed by atoms with E-state index in [1.165, 1.54) is 0 Å². The van der Waals surface area contributed by atoms with Gasteiger partial charge in [-0.25, -0.2) is 0 Å². The molecule has 1 heterocycles. The van der Waals surface area contributed by atoms with Crippen molar-refractivity contribution in [2.45, 2.75) is 38.3 Å². The van der Waals surface area contributed by atoms with Gasteiger partial charge in [-0.15, -0.1) is 0 Å². The molecule has 96 valence electrons. The van der Waals surface area contributed by atoms with E-state index in [-0.39, 0.29) is 6.10 Å². The van der Waals surface area contributed by atoms with Crippen molar-refractivity contribution in [1.29, 1.82) is 0 Å². The molecule has 3 nitrogen and oxygen atoms in total. The molecule has 2 atom stereocenters. The number of aldehydes is 1. The minimum atomic E-state index is -0.670. The topological polar surface area (TPSA) is 35.5 Å². The molecule has 1 aliphatic rings. The van der Waals surface area contributed by atoms with Crippen LogP contribution >= 0.6 is 0 Å². The Balaban J connectivity index is 1.94. The van der Waals surface area contributed by atoms with Crippen molar-refractivity contribution >= 4 is 12.4 Å². The highest BCUT2D eigenvalue weighted by Crippen LogP contribution is 2.29. The van der Waals surface area contributed by atoms with E-state index in [0.29, 0.717) is 6.42 Å². The van der Waals surface area contributed by atoms with Gasteiger partial charge in [0.25, 0.3) is 0 Å². The van der Waals surface area contributed by atoms with E-state index < -0.39 is 11.9 Å².